The second-order valence-electron chi connectivity index (χ2n) is 4.61. The second-order valence-corrected chi connectivity index (χ2v) is 5.90. The molecule has 0 aliphatic heterocycles. The number of halogens is 1. The summed E-state index contributed by atoms with van der Waals surface area (Å²) in [5, 5.41) is 3.35. The van der Waals surface area contributed by atoms with E-state index in [-0.39, 0.29) is 5.60 Å². The molecule has 0 bridgehead atoms. The van der Waals surface area contributed by atoms with Crippen LogP contribution in [-0.4, -0.2) is 23.7 Å². The van der Waals surface area contributed by atoms with Crippen LogP contribution in [0.4, 0.5) is 5.69 Å². The lowest BCUT2D eigenvalue weighted by Gasteiger charge is -2.25. The first-order valence-electron chi connectivity index (χ1n) is 5.83. The summed E-state index contributed by atoms with van der Waals surface area (Å²) in [6, 6.07) is 5.78. The molecule has 1 aromatic rings. The zero-order valence-electron chi connectivity index (χ0n) is 10.9. The highest BCUT2D eigenvalue weighted by atomic mass is 79.9. The van der Waals surface area contributed by atoms with Crippen LogP contribution in [0, 0.1) is 0 Å². The fourth-order valence-corrected chi connectivity index (χ4v) is 2.21. The van der Waals surface area contributed by atoms with Gasteiger partial charge in [0.05, 0.1) is 5.60 Å². The highest BCUT2D eigenvalue weighted by Gasteiger charge is 2.17. The first-order chi connectivity index (χ1) is 8.35. The molecule has 0 atom stereocenters. The molecule has 0 unspecified atom stereocenters. The molecular weight excluding hydrogens is 312 g/mol. The maximum atomic E-state index is 5.63. The number of thiocarbonyl (C=S) groups is 1. The van der Waals surface area contributed by atoms with E-state index < -0.39 is 0 Å². The van der Waals surface area contributed by atoms with Gasteiger partial charge in [-0.15, -0.1) is 0 Å². The van der Waals surface area contributed by atoms with Crippen LogP contribution in [-0.2, 0) is 4.74 Å². The normalized spacial score (nSPS) is 11.3. The molecule has 100 valence electrons. The van der Waals surface area contributed by atoms with E-state index in [2.05, 4.69) is 35.1 Å². The summed E-state index contributed by atoms with van der Waals surface area (Å²) in [4.78, 5) is 0.400. The number of rotatable bonds is 6. The Labute approximate surface area is 122 Å². The number of anilines is 1. The molecule has 1 aromatic carbocycles. The number of nitrogens with two attached hydrogens (primary N) is 1. The van der Waals surface area contributed by atoms with Crippen molar-refractivity contribution in [2.24, 2.45) is 5.73 Å². The summed E-state index contributed by atoms with van der Waals surface area (Å²) in [5.41, 5.74) is 7.24. The van der Waals surface area contributed by atoms with Crippen LogP contribution in [0.1, 0.15) is 26.3 Å². The first-order valence-corrected chi connectivity index (χ1v) is 7.03. The molecule has 3 N–H and O–H groups in total. The molecule has 1 rings (SSSR count). The lowest BCUT2D eigenvalue weighted by atomic mass is 10.1. The van der Waals surface area contributed by atoms with E-state index in [9.17, 15) is 0 Å². The van der Waals surface area contributed by atoms with Gasteiger partial charge >= 0.3 is 0 Å². The zero-order valence-corrected chi connectivity index (χ0v) is 13.3. The van der Waals surface area contributed by atoms with Crippen molar-refractivity contribution in [1.82, 2.24) is 0 Å². The van der Waals surface area contributed by atoms with E-state index in [1.54, 1.807) is 0 Å². The Morgan fingerprint density at radius 2 is 2.17 bits per heavy atom. The molecule has 0 aliphatic carbocycles. The number of hydrogen-bond donors (Lipinski definition) is 2. The number of nitrogens with one attached hydrogen (secondary N) is 1. The topological polar surface area (TPSA) is 47.3 Å². The van der Waals surface area contributed by atoms with Gasteiger partial charge < -0.3 is 15.8 Å². The van der Waals surface area contributed by atoms with Crippen molar-refractivity contribution in [1.29, 1.82) is 0 Å². The minimum absolute atomic E-state index is 0.198. The van der Waals surface area contributed by atoms with Crippen LogP contribution < -0.4 is 11.1 Å². The van der Waals surface area contributed by atoms with Gasteiger partial charge in [-0.05, 0) is 54.9 Å². The Morgan fingerprint density at radius 1 is 1.50 bits per heavy atom. The number of ether oxygens (including phenoxy) is 1. The molecule has 0 heterocycles. The minimum atomic E-state index is -0.198. The smallest absolute Gasteiger partial charge is 0.104 e. The van der Waals surface area contributed by atoms with Gasteiger partial charge in [-0.3, -0.25) is 0 Å². The summed E-state index contributed by atoms with van der Waals surface area (Å²) >= 11 is 8.44. The van der Waals surface area contributed by atoms with Crippen molar-refractivity contribution in [3.63, 3.8) is 0 Å². The van der Waals surface area contributed by atoms with Gasteiger partial charge in [0.1, 0.15) is 4.99 Å². The molecule has 18 heavy (non-hydrogen) atoms. The third-order valence-electron chi connectivity index (χ3n) is 2.49. The molecule has 5 heteroatoms. The van der Waals surface area contributed by atoms with Crippen molar-refractivity contribution in [3.05, 3.63) is 28.2 Å². The molecule has 3 nitrogen and oxygen atoms in total. The maximum absolute atomic E-state index is 5.63. The number of benzene rings is 1. The van der Waals surface area contributed by atoms with Crippen LogP contribution in [0.15, 0.2) is 22.7 Å². The molecule has 0 fully saturated rings. The summed E-state index contributed by atoms with van der Waals surface area (Å²) in [5.74, 6) is 0. The van der Waals surface area contributed by atoms with Gasteiger partial charge in [0.2, 0.25) is 0 Å². The molecule has 0 saturated carbocycles. The molecule has 0 saturated heterocycles. The number of hydrogen-bond acceptors (Lipinski definition) is 3. The van der Waals surface area contributed by atoms with Crippen LogP contribution in [0.2, 0.25) is 0 Å². The third kappa shape index (κ3) is 4.55. The van der Waals surface area contributed by atoms with Crippen LogP contribution in [0.25, 0.3) is 0 Å². The quantitative estimate of drug-likeness (QED) is 0.785. The lowest BCUT2D eigenvalue weighted by Crippen LogP contribution is -2.33. The van der Waals surface area contributed by atoms with Crippen molar-refractivity contribution in [2.75, 3.05) is 18.5 Å². The van der Waals surface area contributed by atoms with E-state index in [0.717, 1.165) is 22.3 Å². The molecular formula is C13H19BrN2OS. The van der Waals surface area contributed by atoms with Gasteiger partial charge in [0.25, 0.3) is 0 Å². The van der Waals surface area contributed by atoms with Gasteiger partial charge in [-0.2, -0.15) is 0 Å². The average molecular weight is 331 g/mol. The molecule has 0 amide bonds. The Bertz CT molecular complexity index is 435. The highest BCUT2D eigenvalue weighted by molar-refractivity contribution is 9.10. The first kappa shape index (κ1) is 15.4. The van der Waals surface area contributed by atoms with Crippen molar-refractivity contribution >= 4 is 38.8 Å². The monoisotopic (exact) mass is 330 g/mol. The van der Waals surface area contributed by atoms with E-state index in [1.807, 2.05) is 25.1 Å². The predicted octanol–water partition coefficient (Wildman–Crippen LogP) is 3.31. The van der Waals surface area contributed by atoms with Gasteiger partial charge in [0.15, 0.2) is 0 Å². The van der Waals surface area contributed by atoms with Gasteiger partial charge in [0, 0.05) is 28.9 Å². The zero-order chi connectivity index (χ0) is 13.8. The van der Waals surface area contributed by atoms with Crippen LogP contribution in [0.5, 0.6) is 0 Å². The van der Waals surface area contributed by atoms with Crippen LogP contribution in [0.3, 0.4) is 0 Å². The summed E-state index contributed by atoms with van der Waals surface area (Å²) in [6.07, 6.45) is 0. The molecule has 0 aromatic heterocycles. The lowest BCUT2D eigenvalue weighted by molar-refractivity contribution is 0.000690. The minimum Gasteiger partial charge on any atom is -0.389 e. The van der Waals surface area contributed by atoms with Crippen molar-refractivity contribution in [3.8, 4) is 0 Å². The van der Waals surface area contributed by atoms with E-state index in [4.69, 9.17) is 22.7 Å². The third-order valence-corrected chi connectivity index (χ3v) is 3.39. The Balaban J connectivity index is 2.71. The second kappa shape index (κ2) is 6.50. The SMILES string of the molecule is CCOC(C)(C)CNc1ccc(C(N)=S)cc1Br. The predicted molar refractivity (Wildman–Crippen MR) is 84.2 cm³/mol. The highest BCUT2D eigenvalue weighted by Crippen LogP contribution is 2.24. The fraction of sp³-hybridized carbons (Fsp3) is 0.462. The Morgan fingerprint density at radius 3 is 2.67 bits per heavy atom. The summed E-state index contributed by atoms with van der Waals surface area (Å²) in [7, 11) is 0. The van der Waals surface area contributed by atoms with Gasteiger partial charge in [-0.25, -0.2) is 0 Å². The Kier molecular flexibility index (Phi) is 5.56. The van der Waals surface area contributed by atoms with Gasteiger partial charge in [-0.1, -0.05) is 12.2 Å². The molecule has 0 aliphatic rings. The van der Waals surface area contributed by atoms with Crippen molar-refractivity contribution in [2.45, 2.75) is 26.4 Å². The summed E-state index contributed by atoms with van der Waals surface area (Å²) < 4.78 is 6.58. The maximum Gasteiger partial charge on any atom is 0.104 e. The average Bonchev–Trinajstić information content (AvgIpc) is 2.27. The fourth-order valence-electron chi connectivity index (χ4n) is 1.56. The summed E-state index contributed by atoms with van der Waals surface area (Å²) in [6.45, 7) is 7.54. The Hall–Kier alpha value is -0.650. The van der Waals surface area contributed by atoms with E-state index >= 15 is 0 Å². The molecule has 0 radical (unpaired) electrons. The largest absolute Gasteiger partial charge is 0.389 e. The van der Waals surface area contributed by atoms with E-state index in [1.165, 1.54) is 0 Å². The van der Waals surface area contributed by atoms with E-state index in [0.29, 0.717) is 11.6 Å². The van der Waals surface area contributed by atoms with Crippen molar-refractivity contribution < 1.29 is 4.74 Å². The molecule has 0 spiro atoms. The van der Waals surface area contributed by atoms with Crippen LogP contribution >= 0.6 is 28.1 Å². The standard InChI is InChI=1S/C13H19BrN2OS/c1-4-17-13(2,3)8-16-11-6-5-9(12(15)18)7-10(11)14/h5-7,16H,4,8H2,1-3H3,(H2,15,18).